The van der Waals surface area contributed by atoms with Gasteiger partial charge in [0, 0.05) is 12.6 Å². The number of amides is 1. The van der Waals surface area contributed by atoms with Crippen LogP contribution in [0.3, 0.4) is 0 Å². The quantitative estimate of drug-likeness (QED) is 0.730. The second-order valence-electron chi connectivity index (χ2n) is 5.91. The van der Waals surface area contributed by atoms with Crippen LogP contribution in [0.1, 0.15) is 36.7 Å². The average molecular weight is 328 g/mol. The first-order valence-electron chi connectivity index (χ1n) is 7.76. The van der Waals surface area contributed by atoms with Gasteiger partial charge in [-0.05, 0) is 38.5 Å². The molecule has 0 saturated carbocycles. The summed E-state index contributed by atoms with van der Waals surface area (Å²) in [5.74, 6) is -0.0357. The molecule has 0 aliphatic heterocycles. The highest BCUT2D eigenvalue weighted by Gasteiger charge is 2.20. The Morgan fingerprint density at radius 3 is 2.30 bits per heavy atom. The average Bonchev–Trinajstić information content (AvgIpc) is 2.53. The van der Waals surface area contributed by atoms with Gasteiger partial charge in [0.1, 0.15) is 0 Å². The number of carbonyl (C=O) groups excluding carboxylic acids is 1. The van der Waals surface area contributed by atoms with Crippen molar-refractivity contribution < 1.29 is 4.79 Å². The van der Waals surface area contributed by atoms with Gasteiger partial charge in [0.05, 0.1) is 10.6 Å². The van der Waals surface area contributed by atoms with E-state index in [1.165, 1.54) is 0 Å². The predicted octanol–water partition coefficient (Wildman–Crippen LogP) is 5.29. The van der Waals surface area contributed by atoms with Crippen molar-refractivity contribution in [2.45, 2.75) is 26.8 Å². The number of rotatable bonds is 5. The van der Waals surface area contributed by atoms with Gasteiger partial charge in [-0.3, -0.25) is 4.79 Å². The number of halogens is 1. The van der Waals surface area contributed by atoms with E-state index in [4.69, 9.17) is 11.6 Å². The summed E-state index contributed by atoms with van der Waals surface area (Å²) in [7, 11) is 0. The number of hydrogen-bond donors (Lipinski definition) is 0. The van der Waals surface area contributed by atoms with Crippen molar-refractivity contribution in [2.24, 2.45) is 0 Å². The molecule has 2 nitrogen and oxygen atoms in total. The zero-order valence-electron chi connectivity index (χ0n) is 13.8. The van der Waals surface area contributed by atoms with Crippen molar-refractivity contribution in [3.05, 3.63) is 76.3 Å². The highest BCUT2D eigenvalue weighted by atomic mass is 35.5. The van der Waals surface area contributed by atoms with Gasteiger partial charge in [0.25, 0.3) is 5.91 Å². The molecule has 0 unspecified atom stereocenters. The van der Waals surface area contributed by atoms with E-state index < -0.39 is 0 Å². The zero-order chi connectivity index (χ0) is 16.8. The maximum atomic E-state index is 12.8. The summed E-state index contributed by atoms with van der Waals surface area (Å²) in [5.41, 5.74) is 2.82. The Bertz CT molecular complexity index is 692. The Labute approximate surface area is 143 Å². The molecule has 0 aliphatic carbocycles. The Kier molecular flexibility index (Phi) is 6.00. The number of hydrogen-bond acceptors (Lipinski definition) is 1. The summed E-state index contributed by atoms with van der Waals surface area (Å²) in [6.45, 7) is 6.66. The van der Waals surface area contributed by atoms with E-state index >= 15 is 0 Å². The third-order valence-corrected chi connectivity index (χ3v) is 3.95. The van der Waals surface area contributed by atoms with Crippen LogP contribution in [0.4, 0.5) is 0 Å². The molecule has 120 valence electrons. The molecule has 0 radical (unpaired) electrons. The normalized spacial score (nSPS) is 11.6. The number of nitrogens with zero attached hydrogens (tertiary/aromatic N) is 1. The second-order valence-corrected chi connectivity index (χ2v) is 6.32. The highest BCUT2D eigenvalue weighted by molar-refractivity contribution is 6.33. The first-order valence-corrected chi connectivity index (χ1v) is 8.14. The van der Waals surface area contributed by atoms with Gasteiger partial charge in [-0.15, -0.1) is 0 Å². The molecule has 23 heavy (non-hydrogen) atoms. The lowest BCUT2D eigenvalue weighted by atomic mass is 10.1. The topological polar surface area (TPSA) is 20.3 Å². The molecule has 2 aromatic rings. The lowest BCUT2D eigenvalue weighted by Gasteiger charge is -2.27. The van der Waals surface area contributed by atoms with Crippen molar-refractivity contribution in [2.75, 3.05) is 6.54 Å². The first-order chi connectivity index (χ1) is 11.0. The minimum atomic E-state index is -0.0357. The van der Waals surface area contributed by atoms with Gasteiger partial charge < -0.3 is 4.90 Å². The lowest BCUT2D eigenvalue weighted by molar-refractivity contribution is 0.0724. The Balaban J connectivity index is 2.21. The molecular formula is C20H22ClNO. The van der Waals surface area contributed by atoms with Crippen molar-refractivity contribution in [1.29, 1.82) is 0 Å². The molecule has 1 amide bonds. The maximum absolute atomic E-state index is 12.8. The number of carbonyl (C=O) groups is 1. The van der Waals surface area contributed by atoms with E-state index in [0.29, 0.717) is 17.1 Å². The molecule has 2 aromatic carbocycles. The SMILES string of the molecule is C/C(=C\c1ccccc1)CN(C(=O)c1ccccc1Cl)C(C)C. The number of benzene rings is 2. The summed E-state index contributed by atoms with van der Waals surface area (Å²) in [6.07, 6.45) is 2.11. The summed E-state index contributed by atoms with van der Waals surface area (Å²) < 4.78 is 0. The molecule has 2 rings (SSSR count). The van der Waals surface area contributed by atoms with Crippen molar-refractivity contribution >= 4 is 23.6 Å². The lowest BCUT2D eigenvalue weighted by Crippen LogP contribution is -2.38. The van der Waals surface area contributed by atoms with Gasteiger partial charge in [-0.2, -0.15) is 0 Å². The molecular weight excluding hydrogens is 306 g/mol. The maximum Gasteiger partial charge on any atom is 0.255 e. The Morgan fingerprint density at radius 2 is 1.70 bits per heavy atom. The third-order valence-electron chi connectivity index (χ3n) is 3.62. The van der Waals surface area contributed by atoms with Crippen molar-refractivity contribution in [1.82, 2.24) is 4.90 Å². The second kappa shape index (κ2) is 7.98. The van der Waals surface area contributed by atoms with Crippen LogP contribution < -0.4 is 0 Å². The van der Waals surface area contributed by atoms with Crippen LogP contribution in [-0.4, -0.2) is 23.4 Å². The van der Waals surface area contributed by atoms with Gasteiger partial charge in [0.2, 0.25) is 0 Å². The molecule has 0 fully saturated rings. The smallest absolute Gasteiger partial charge is 0.255 e. The minimum Gasteiger partial charge on any atom is -0.332 e. The van der Waals surface area contributed by atoms with E-state index in [1.54, 1.807) is 12.1 Å². The highest BCUT2D eigenvalue weighted by Crippen LogP contribution is 2.19. The van der Waals surface area contributed by atoms with Crippen LogP contribution >= 0.6 is 11.6 Å². The molecule has 0 heterocycles. The minimum absolute atomic E-state index is 0.0357. The molecule has 0 atom stereocenters. The molecule has 0 N–H and O–H groups in total. The fraction of sp³-hybridized carbons (Fsp3) is 0.250. The van der Waals surface area contributed by atoms with Crippen LogP contribution in [0.25, 0.3) is 6.08 Å². The van der Waals surface area contributed by atoms with Crippen LogP contribution in [0, 0.1) is 0 Å². The van der Waals surface area contributed by atoms with Gasteiger partial charge in [-0.25, -0.2) is 0 Å². The molecule has 0 bridgehead atoms. The van der Waals surface area contributed by atoms with E-state index in [-0.39, 0.29) is 11.9 Å². The summed E-state index contributed by atoms with van der Waals surface area (Å²) in [6, 6.07) is 17.4. The molecule has 0 aliphatic rings. The van der Waals surface area contributed by atoms with Crippen LogP contribution in [0.5, 0.6) is 0 Å². The van der Waals surface area contributed by atoms with Crippen LogP contribution in [0.15, 0.2) is 60.2 Å². The first kappa shape index (κ1) is 17.3. The van der Waals surface area contributed by atoms with E-state index in [9.17, 15) is 4.79 Å². The van der Waals surface area contributed by atoms with E-state index in [2.05, 4.69) is 18.2 Å². The van der Waals surface area contributed by atoms with Crippen molar-refractivity contribution in [3.8, 4) is 0 Å². The summed E-state index contributed by atoms with van der Waals surface area (Å²) in [4.78, 5) is 14.7. The van der Waals surface area contributed by atoms with Gasteiger partial charge >= 0.3 is 0 Å². The Hall–Kier alpha value is -2.06. The van der Waals surface area contributed by atoms with Crippen LogP contribution in [0.2, 0.25) is 5.02 Å². The fourth-order valence-electron chi connectivity index (χ4n) is 2.43. The van der Waals surface area contributed by atoms with Gasteiger partial charge in [0.15, 0.2) is 0 Å². The molecule has 3 heteroatoms. The fourth-order valence-corrected chi connectivity index (χ4v) is 2.64. The predicted molar refractivity (Wildman–Crippen MR) is 97.7 cm³/mol. The summed E-state index contributed by atoms with van der Waals surface area (Å²) >= 11 is 6.17. The summed E-state index contributed by atoms with van der Waals surface area (Å²) in [5, 5.41) is 0.493. The van der Waals surface area contributed by atoms with E-state index in [1.807, 2.05) is 56.0 Å². The van der Waals surface area contributed by atoms with Crippen molar-refractivity contribution in [3.63, 3.8) is 0 Å². The van der Waals surface area contributed by atoms with Crippen LogP contribution in [-0.2, 0) is 0 Å². The Morgan fingerprint density at radius 1 is 1.09 bits per heavy atom. The molecule has 0 aromatic heterocycles. The van der Waals surface area contributed by atoms with Gasteiger partial charge in [-0.1, -0.05) is 65.7 Å². The standard InChI is InChI=1S/C20H22ClNO/c1-15(2)22(20(23)18-11-7-8-12-19(18)21)14-16(3)13-17-9-5-4-6-10-17/h4-13,15H,14H2,1-3H3/b16-13+. The zero-order valence-corrected chi connectivity index (χ0v) is 14.5. The van der Waals surface area contributed by atoms with E-state index in [0.717, 1.165) is 11.1 Å². The molecule has 0 saturated heterocycles. The monoisotopic (exact) mass is 327 g/mol. The third kappa shape index (κ3) is 4.70. The molecule has 0 spiro atoms. The largest absolute Gasteiger partial charge is 0.332 e.